The molecule has 0 aliphatic rings. The van der Waals surface area contributed by atoms with Gasteiger partial charge in [0.1, 0.15) is 0 Å². The Labute approximate surface area is 108 Å². The third kappa shape index (κ3) is 1.79. The molecule has 1 amide bonds. The number of benzene rings is 2. The predicted octanol–water partition coefficient (Wildman–Crippen LogP) is 2.42. The zero-order valence-corrected chi connectivity index (χ0v) is 9.56. The van der Waals surface area contributed by atoms with Gasteiger partial charge in [0.05, 0.1) is 10.3 Å². The molecule has 0 heterocycles. The fourth-order valence-electron chi connectivity index (χ4n) is 1.98. The van der Waals surface area contributed by atoms with Crippen molar-refractivity contribution in [2.45, 2.75) is 6.92 Å². The monoisotopic (exact) mass is 247 g/mol. The lowest BCUT2D eigenvalue weighted by Crippen LogP contribution is -2.18. The lowest BCUT2D eigenvalue weighted by molar-refractivity contribution is -0.383. The molecule has 0 radical (unpaired) electrons. The molecule has 5 nitrogen and oxygen atoms in total. The smallest absolute Gasteiger partial charge is 0.277 e. The van der Waals surface area contributed by atoms with Gasteiger partial charge in [0.2, 0.25) is 0 Å². The SMILES string of the molecule is [2H]C([2H])([2H])NC(=O)c1ccc(C)c2c([N+](=O)[O-])cccc12. The van der Waals surface area contributed by atoms with E-state index in [9.17, 15) is 14.9 Å². The number of nitrogens with zero attached hydrogens (tertiary/aromatic N) is 1. The fraction of sp³-hybridized carbons (Fsp3) is 0.154. The number of rotatable bonds is 2. The Morgan fingerprint density at radius 1 is 1.39 bits per heavy atom. The van der Waals surface area contributed by atoms with Gasteiger partial charge in [0.25, 0.3) is 11.6 Å². The molecule has 0 atom stereocenters. The molecule has 0 aromatic heterocycles. The summed E-state index contributed by atoms with van der Waals surface area (Å²) >= 11 is 0. The fourth-order valence-corrected chi connectivity index (χ4v) is 1.98. The van der Waals surface area contributed by atoms with E-state index < -0.39 is 17.8 Å². The van der Waals surface area contributed by atoms with E-state index in [1.165, 1.54) is 18.2 Å². The highest BCUT2D eigenvalue weighted by atomic mass is 16.6. The molecule has 0 saturated heterocycles. The second-order valence-electron chi connectivity index (χ2n) is 3.84. The number of hydrogen-bond acceptors (Lipinski definition) is 3. The highest BCUT2D eigenvalue weighted by molar-refractivity contribution is 6.09. The number of nitro benzene ring substituents is 1. The van der Waals surface area contributed by atoms with Gasteiger partial charge in [-0.3, -0.25) is 14.9 Å². The van der Waals surface area contributed by atoms with Crippen LogP contribution in [0.1, 0.15) is 20.0 Å². The number of hydrogen-bond donors (Lipinski definition) is 1. The van der Waals surface area contributed by atoms with E-state index in [2.05, 4.69) is 0 Å². The summed E-state index contributed by atoms with van der Waals surface area (Å²) in [6.07, 6.45) is 0. The van der Waals surface area contributed by atoms with Gasteiger partial charge in [-0.15, -0.1) is 0 Å². The Morgan fingerprint density at radius 2 is 2.17 bits per heavy atom. The van der Waals surface area contributed by atoms with Crippen LogP contribution in [0.5, 0.6) is 0 Å². The summed E-state index contributed by atoms with van der Waals surface area (Å²) in [5, 5.41) is 13.7. The summed E-state index contributed by atoms with van der Waals surface area (Å²) in [5.41, 5.74) is 0.617. The maximum Gasteiger partial charge on any atom is 0.277 e. The van der Waals surface area contributed by atoms with E-state index in [-0.39, 0.29) is 11.3 Å². The van der Waals surface area contributed by atoms with E-state index in [0.717, 1.165) is 0 Å². The van der Waals surface area contributed by atoms with Gasteiger partial charge in [0.15, 0.2) is 0 Å². The van der Waals surface area contributed by atoms with Crippen molar-refractivity contribution < 1.29 is 13.8 Å². The average molecular weight is 247 g/mol. The van der Waals surface area contributed by atoms with Crippen LogP contribution in [-0.2, 0) is 0 Å². The first-order valence-electron chi connectivity index (χ1n) is 6.70. The van der Waals surface area contributed by atoms with Gasteiger partial charge >= 0.3 is 0 Å². The molecule has 1 N–H and O–H groups in total. The summed E-state index contributed by atoms with van der Waals surface area (Å²) in [6.45, 7) is -0.921. The summed E-state index contributed by atoms with van der Waals surface area (Å²) in [6, 6.07) is 7.39. The van der Waals surface area contributed by atoms with Gasteiger partial charge in [-0.25, -0.2) is 0 Å². The van der Waals surface area contributed by atoms with Gasteiger partial charge in [-0.1, -0.05) is 18.2 Å². The zero-order valence-electron chi connectivity index (χ0n) is 12.6. The number of non-ortho nitro benzene ring substituents is 1. The van der Waals surface area contributed by atoms with E-state index in [1.54, 1.807) is 19.1 Å². The van der Waals surface area contributed by atoms with Crippen molar-refractivity contribution in [2.75, 3.05) is 6.98 Å². The standard InChI is InChI=1S/C13H12N2O3/c1-8-6-7-10(13(16)14-2)9-4-3-5-11(12(8)9)15(17)18/h3-7H,1-2H3,(H,14,16)/i2D3. The third-order valence-electron chi connectivity index (χ3n) is 2.78. The zero-order chi connectivity index (χ0) is 15.8. The van der Waals surface area contributed by atoms with E-state index in [1.807, 2.05) is 5.32 Å². The van der Waals surface area contributed by atoms with Gasteiger partial charge in [0, 0.05) is 28.1 Å². The largest absolute Gasteiger partial charge is 0.355 e. The van der Waals surface area contributed by atoms with Crippen LogP contribution >= 0.6 is 0 Å². The van der Waals surface area contributed by atoms with Gasteiger partial charge in [-0.2, -0.15) is 0 Å². The Hall–Kier alpha value is -2.43. The number of carbonyl (C=O) groups is 1. The van der Waals surface area contributed by atoms with Crippen molar-refractivity contribution in [1.29, 1.82) is 0 Å². The van der Waals surface area contributed by atoms with Crippen LogP contribution in [0.25, 0.3) is 10.8 Å². The van der Waals surface area contributed by atoms with Crippen molar-refractivity contribution in [3.8, 4) is 0 Å². The van der Waals surface area contributed by atoms with Crippen molar-refractivity contribution >= 4 is 22.4 Å². The molecule has 2 aromatic carbocycles. The number of carbonyl (C=O) groups excluding carboxylic acids is 1. The Balaban J connectivity index is 2.68. The first-order chi connectivity index (χ1) is 9.70. The summed E-state index contributed by atoms with van der Waals surface area (Å²) in [7, 11) is 0. The number of nitro groups is 1. The average Bonchev–Trinajstić information content (AvgIpc) is 2.36. The Morgan fingerprint density at radius 3 is 2.83 bits per heavy atom. The maximum atomic E-state index is 12.0. The summed E-state index contributed by atoms with van der Waals surface area (Å²) in [5.74, 6) is -0.791. The van der Waals surface area contributed by atoms with Crippen molar-refractivity contribution in [3.63, 3.8) is 0 Å². The van der Waals surface area contributed by atoms with E-state index >= 15 is 0 Å². The highest BCUT2D eigenvalue weighted by Crippen LogP contribution is 2.30. The molecular weight excluding hydrogens is 232 g/mol. The Kier molecular flexibility index (Phi) is 2.13. The number of amides is 1. The minimum Gasteiger partial charge on any atom is -0.355 e. The summed E-state index contributed by atoms with van der Waals surface area (Å²) in [4.78, 5) is 22.6. The molecule has 0 aliphatic carbocycles. The third-order valence-corrected chi connectivity index (χ3v) is 2.78. The van der Waals surface area contributed by atoms with E-state index in [4.69, 9.17) is 4.11 Å². The quantitative estimate of drug-likeness (QED) is 0.654. The van der Waals surface area contributed by atoms with Gasteiger partial charge in [-0.05, 0) is 18.6 Å². The summed E-state index contributed by atoms with van der Waals surface area (Å²) < 4.78 is 21.2. The molecule has 2 aromatic rings. The van der Waals surface area contributed by atoms with Crippen LogP contribution in [-0.4, -0.2) is 17.8 Å². The topological polar surface area (TPSA) is 72.2 Å². The predicted molar refractivity (Wildman–Crippen MR) is 68.7 cm³/mol. The molecule has 0 aliphatic heterocycles. The lowest BCUT2D eigenvalue weighted by atomic mass is 9.98. The first kappa shape index (κ1) is 8.63. The van der Waals surface area contributed by atoms with Crippen molar-refractivity contribution in [3.05, 3.63) is 51.6 Å². The van der Waals surface area contributed by atoms with Crippen molar-refractivity contribution in [1.82, 2.24) is 5.32 Å². The van der Waals surface area contributed by atoms with Crippen LogP contribution in [0, 0.1) is 17.0 Å². The van der Waals surface area contributed by atoms with Crippen molar-refractivity contribution in [2.24, 2.45) is 0 Å². The second-order valence-corrected chi connectivity index (χ2v) is 3.84. The van der Waals surface area contributed by atoms with Crippen LogP contribution in [0.15, 0.2) is 30.3 Å². The molecule has 0 spiro atoms. The van der Waals surface area contributed by atoms with Crippen LogP contribution in [0.4, 0.5) is 5.69 Å². The maximum absolute atomic E-state index is 12.0. The molecule has 0 fully saturated rings. The number of fused-ring (bicyclic) bond motifs is 1. The second kappa shape index (κ2) is 4.44. The molecule has 18 heavy (non-hydrogen) atoms. The molecule has 0 bridgehead atoms. The highest BCUT2D eigenvalue weighted by Gasteiger charge is 2.17. The van der Waals surface area contributed by atoms with E-state index in [0.29, 0.717) is 16.3 Å². The first-order valence-corrected chi connectivity index (χ1v) is 5.20. The Bertz CT molecular complexity index is 741. The minimum absolute atomic E-state index is 0.0930. The van der Waals surface area contributed by atoms with Crippen LogP contribution < -0.4 is 5.32 Å². The van der Waals surface area contributed by atoms with Crippen LogP contribution in [0.3, 0.4) is 0 Å². The lowest BCUT2D eigenvalue weighted by Gasteiger charge is -2.08. The molecule has 92 valence electrons. The van der Waals surface area contributed by atoms with Crippen LogP contribution in [0.2, 0.25) is 0 Å². The molecule has 2 rings (SSSR count). The number of aryl methyl sites for hydroxylation is 1. The van der Waals surface area contributed by atoms with Gasteiger partial charge < -0.3 is 5.32 Å². The minimum atomic E-state index is -2.62. The molecule has 5 heteroatoms. The number of nitrogens with one attached hydrogen (secondary N) is 1. The normalized spacial score (nSPS) is 13.5. The molecule has 0 saturated carbocycles. The molecule has 0 unspecified atom stereocenters. The molecular formula is C13H12N2O3.